The highest BCUT2D eigenvalue weighted by Crippen LogP contribution is 2.30. The maximum absolute atomic E-state index is 12.6. The van der Waals surface area contributed by atoms with Crippen LogP contribution in [0.15, 0.2) is 24.3 Å². The van der Waals surface area contributed by atoms with E-state index in [-0.39, 0.29) is 6.61 Å². The lowest BCUT2D eigenvalue weighted by Gasteiger charge is -2.19. The fourth-order valence-corrected chi connectivity index (χ4v) is 1.68. The number of rotatable bonds is 6. The highest BCUT2D eigenvalue weighted by atomic mass is 19.4. The first-order valence-electron chi connectivity index (χ1n) is 6.00. The molecule has 3 nitrogen and oxygen atoms in total. The van der Waals surface area contributed by atoms with Crippen LogP contribution in [0.5, 0.6) is 0 Å². The van der Waals surface area contributed by atoms with Crippen molar-refractivity contribution < 1.29 is 18.3 Å². The Balaban J connectivity index is 2.75. The number of nitrogens with one attached hydrogen (secondary N) is 1. The molecule has 1 atom stereocenters. The average Bonchev–Trinajstić information content (AvgIpc) is 2.33. The highest BCUT2D eigenvalue weighted by Gasteiger charge is 2.30. The quantitative estimate of drug-likeness (QED) is 0.833. The summed E-state index contributed by atoms with van der Waals surface area (Å²) < 4.78 is 37.8. The molecule has 1 aromatic carbocycles. The SMILES string of the molecule is CN(C)CCNC(CO)c1cccc(C(F)(F)F)c1. The molecule has 19 heavy (non-hydrogen) atoms. The third-order valence-electron chi connectivity index (χ3n) is 2.75. The molecule has 0 saturated carbocycles. The van der Waals surface area contributed by atoms with E-state index in [0.29, 0.717) is 12.1 Å². The van der Waals surface area contributed by atoms with E-state index in [0.717, 1.165) is 18.7 Å². The van der Waals surface area contributed by atoms with E-state index in [2.05, 4.69) is 5.32 Å². The van der Waals surface area contributed by atoms with Crippen molar-refractivity contribution in [1.29, 1.82) is 0 Å². The largest absolute Gasteiger partial charge is 0.416 e. The summed E-state index contributed by atoms with van der Waals surface area (Å²) in [6, 6.07) is 4.55. The van der Waals surface area contributed by atoms with E-state index in [9.17, 15) is 18.3 Å². The zero-order chi connectivity index (χ0) is 14.5. The summed E-state index contributed by atoms with van der Waals surface area (Å²) >= 11 is 0. The minimum Gasteiger partial charge on any atom is -0.394 e. The number of nitrogens with zero attached hydrogens (tertiary/aromatic N) is 1. The van der Waals surface area contributed by atoms with Crippen LogP contribution in [0.3, 0.4) is 0 Å². The van der Waals surface area contributed by atoms with E-state index in [1.807, 2.05) is 19.0 Å². The minimum absolute atomic E-state index is 0.241. The molecule has 1 unspecified atom stereocenters. The summed E-state index contributed by atoms with van der Waals surface area (Å²) in [5, 5.41) is 12.3. The lowest BCUT2D eigenvalue weighted by atomic mass is 10.0. The van der Waals surface area contributed by atoms with Gasteiger partial charge in [0.25, 0.3) is 0 Å². The van der Waals surface area contributed by atoms with Crippen molar-refractivity contribution in [2.24, 2.45) is 0 Å². The molecule has 6 heteroatoms. The zero-order valence-corrected chi connectivity index (χ0v) is 11.0. The Morgan fingerprint density at radius 2 is 2.00 bits per heavy atom. The van der Waals surface area contributed by atoms with Crippen LogP contribution in [0.2, 0.25) is 0 Å². The van der Waals surface area contributed by atoms with Gasteiger partial charge in [-0.25, -0.2) is 0 Å². The summed E-state index contributed by atoms with van der Waals surface area (Å²) in [5.74, 6) is 0. The first-order valence-corrected chi connectivity index (χ1v) is 6.00. The minimum atomic E-state index is -4.36. The standard InChI is InChI=1S/C13H19F3N2O/c1-18(2)7-6-17-12(9-19)10-4-3-5-11(8-10)13(14,15)16/h3-5,8,12,17,19H,6-7,9H2,1-2H3. The van der Waals surface area contributed by atoms with E-state index >= 15 is 0 Å². The van der Waals surface area contributed by atoms with Crippen molar-refractivity contribution in [2.75, 3.05) is 33.8 Å². The Labute approximate surface area is 111 Å². The number of hydrogen-bond donors (Lipinski definition) is 2. The molecule has 0 heterocycles. The van der Waals surface area contributed by atoms with Crippen molar-refractivity contribution in [3.8, 4) is 0 Å². The molecule has 1 rings (SSSR count). The maximum Gasteiger partial charge on any atom is 0.416 e. The zero-order valence-electron chi connectivity index (χ0n) is 11.0. The van der Waals surface area contributed by atoms with Gasteiger partial charge < -0.3 is 15.3 Å². The molecule has 2 N–H and O–H groups in total. The van der Waals surface area contributed by atoms with E-state index in [1.165, 1.54) is 6.07 Å². The Bertz CT molecular complexity index is 394. The fourth-order valence-electron chi connectivity index (χ4n) is 1.68. The second-order valence-corrected chi connectivity index (χ2v) is 4.62. The lowest BCUT2D eigenvalue weighted by molar-refractivity contribution is -0.137. The van der Waals surface area contributed by atoms with Gasteiger partial charge >= 0.3 is 6.18 Å². The second-order valence-electron chi connectivity index (χ2n) is 4.62. The Morgan fingerprint density at radius 3 is 2.53 bits per heavy atom. The molecule has 0 saturated heterocycles. The van der Waals surface area contributed by atoms with Gasteiger partial charge in [0.15, 0.2) is 0 Å². The molecule has 0 aromatic heterocycles. The topological polar surface area (TPSA) is 35.5 Å². The summed E-state index contributed by atoms with van der Waals surface area (Å²) in [7, 11) is 3.81. The van der Waals surface area contributed by atoms with Gasteiger partial charge in [-0.2, -0.15) is 13.2 Å². The molecule has 0 amide bonds. The normalized spacial score (nSPS) is 13.8. The number of aliphatic hydroxyl groups is 1. The first-order chi connectivity index (χ1) is 8.84. The molecule has 108 valence electrons. The number of alkyl halides is 3. The molecule has 0 bridgehead atoms. The molecule has 0 spiro atoms. The van der Waals surface area contributed by atoms with Crippen molar-refractivity contribution in [3.05, 3.63) is 35.4 Å². The molecule has 0 aliphatic carbocycles. The molecule has 0 aliphatic rings. The molecular formula is C13H19F3N2O. The molecule has 1 aromatic rings. The van der Waals surface area contributed by atoms with Gasteiger partial charge in [-0.3, -0.25) is 0 Å². The summed E-state index contributed by atoms with van der Waals surface area (Å²) in [6.45, 7) is 1.10. The number of hydrogen-bond acceptors (Lipinski definition) is 3. The smallest absolute Gasteiger partial charge is 0.394 e. The highest BCUT2D eigenvalue weighted by molar-refractivity contribution is 5.28. The summed E-state index contributed by atoms with van der Waals surface area (Å²) in [4.78, 5) is 1.95. The number of likely N-dealkylation sites (N-methyl/N-ethyl adjacent to an activating group) is 1. The Morgan fingerprint density at radius 1 is 1.32 bits per heavy atom. The Hall–Kier alpha value is -1.11. The number of benzene rings is 1. The Kier molecular flexibility index (Phi) is 5.78. The van der Waals surface area contributed by atoms with Gasteiger partial charge in [0.2, 0.25) is 0 Å². The van der Waals surface area contributed by atoms with Gasteiger partial charge in [-0.1, -0.05) is 12.1 Å². The molecule has 0 fully saturated rings. The predicted molar refractivity (Wildman–Crippen MR) is 67.8 cm³/mol. The number of aliphatic hydroxyl groups excluding tert-OH is 1. The predicted octanol–water partition coefficient (Wildman–Crippen LogP) is 1.89. The van der Waals surface area contributed by atoms with Gasteiger partial charge in [0.05, 0.1) is 18.2 Å². The van der Waals surface area contributed by atoms with Crippen molar-refractivity contribution >= 4 is 0 Å². The maximum atomic E-state index is 12.6. The molecular weight excluding hydrogens is 257 g/mol. The van der Waals surface area contributed by atoms with Crippen LogP contribution < -0.4 is 5.32 Å². The van der Waals surface area contributed by atoms with Crippen molar-refractivity contribution in [2.45, 2.75) is 12.2 Å². The van der Waals surface area contributed by atoms with Crippen molar-refractivity contribution in [3.63, 3.8) is 0 Å². The third-order valence-corrected chi connectivity index (χ3v) is 2.75. The molecule has 0 radical (unpaired) electrons. The first kappa shape index (κ1) is 15.9. The lowest BCUT2D eigenvalue weighted by Crippen LogP contribution is -2.31. The second kappa shape index (κ2) is 6.88. The van der Waals surface area contributed by atoms with Gasteiger partial charge in [0, 0.05) is 13.1 Å². The fraction of sp³-hybridized carbons (Fsp3) is 0.538. The number of halogens is 3. The van der Waals surface area contributed by atoms with E-state index in [1.54, 1.807) is 6.07 Å². The summed E-state index contributed by atoms with van der Waals surface area (Å²) in [6.07, 6.45) is -4.36. The van der Waals surface area contributed by atoms with Gasteiger partial charge in [-0.05, 0) is 31.8 Å². The molecule has 0 aliphatic heterocycles. The summed E-state index contributed by atoms with van der Waals surface area (Å²) in [5.41, 5.74) is -0.256. The van der Waals surface area contributed by atoms with Crippen molar-refractivity contribution in [1.82, 2.24) is 10.2 Å². The van der Waals surface area contributed by atoms with Crippen LogP contribution in [0.1, 0.15) is 17.2 Å². The van der Waals surface area contributed by atoms with Crippen LogP contribution in [0.25, 0.3) is 0 Å². The van der Waals surface area contributed by atoms with Crippen LogP contribution in [-0.2, 0) is 6.18 Å². The van der Waals surface area contributed by atoms with Crippen LogP contribution in [-0.4, -0.2) is 43.8 Å². The monoisotopic (exact) mass is 276 g/mol. The van der Waals surface area contributed by atoms with Crippen LogP contribution in [0.4, 0.5) is 13.2 Å². The average molecular weight is 276 g/mol. The van der Waals surface area contributed by atoms with E-state index < -0.39 is 17.8 Å². The third kappa shape index (κ3) is 5.18. The van der Waals surface area contributed by atoms with Crippen LogP contribution in [0, 0.1) is 0 Å². The van der Waals surface area contributed by atoms with Gasteiger partial charge in [0.1, 0.15) is 0 Å². The van der Waals surface area contributed by atoms with E-state index in [4.69, 9.17) is 0 Å². The van der Waals surface area contributed by atoms with Crippen LogP contribution >= 0.6 is 0 Å². The van der Waals surface area contributed by atoms with Gasteiger partial charge in [-0.15, -0.1) is 0 Å².